The number of nitrogens with zero attached hydrogens (tertiary/aromatic N) is 5. The second-order valence-electron chi connectivity index (χ2n) is 8.07. The van der Waals surface area contributed by atoms with E-state index >= 15 is 0 Å². The van der Waals surface area contributed by atoms with Crippen molar-refractivity contribution in [1.82, 2.24) is 14.3 Å². The summed E-state index contributed by atoms with van der Waals surface area (Å²) in [6, 6.07) is 20.3. The molecule has 0 saturated heterocycles. The van der Waals surface area contributed by atoms with E-state index in [4.69, 9.17) is 26.5 Å². The van der Waals surface area contributed by atoms with Crippen LogP contribution in [0.4, 0.5) is 5.82 Å². The van der Waals surface area contributed by atoms with Crippen LogP contribution in [0.25, 0.3) is 39.3 Å². The smallest absolute Gasteiger partial charge is 0.209 e. The molecule has 0 bridgehead atoms. The fraction of sp³-hybridized carbons (Fsp3) is 0.111. The number of amides is 1. The van der Waals surface area contributed by atoms with E-state index in [9.17, 15) is 15.3 Å². The van der Waals surface area contributed by atoms with Crippen molar-refractivity contribution in [3.05, 3.63) is 70.7 Å². The monoisotopic (exact) mass is 512 g/mol. The predicted octanol–water partition coefficient (Wildman–Crippen LogP) is 5.11. The Morgan fingerprint density at radius 2 is 1.76 bits per heavy atom. The first-order chi connectivity index (χ1) is 17.8. The normalized spacial score (nSPS) is 10.3. The van der Waals surface area contributed by atoms with E-state index in [1.807, 2.05) is 24.3 Å². The molecule has 9 nitrogen and oxygen atoms in total. The molecule has 1 amide bonds. The molecule has 184 valence electrons. The average molecular weight is 513 g/mol. The van der Waals surface area contributed by atoms with Crippen LogP contribution in [0.1, 0.15) is 11.1 Å². The fourth-order valence-electron chi connectivity index (χ4n) is 3.87. The second kappa shape index (κ2) is 10.3. The zero-order valence-corrected chi connectivity index (χ0v) is 20.9. The summed E-state index contributed by atoms with van der Waals surface area (Å²) in [5, 5.41) is 20.5. The largest absolute Gasteiger partial charge is 0.496 e. The molecule has 0 aliphatic carbocycles. The summed E-state index contributed by atoms with van der Waals surface area (Å²) in [6.45, 7) is 0. The van der Waals surface area contributed by atoms with Gasteiger partial charge in [0, 0.05) is 19.1 Å². The molecule has 0 unspecified atom stereocenters. The number of aromatic nitrogens is 2. The molecule has 37 heavy (non-hydrogen) atoms. The van der Waals surface area contributed by atoms with Crippen LogP contribution in [-0.4, -0.2) is 41.9 Å². The van der Waals surface area contributed by atoms with Gasteiger partial charge in [-0.3, -0.25) is 9.20 Å². The standard InChI is InChI=1S/C24H14ClN5O2.C3H7NO/c1-31-19-7-6-13(25)10-14(19)20-8-9-21(32-20)22-15(11-26)23(28)30-18-5-3-2-4-17(18)29-24(30)16(22)12-27;1-4(2)3-5/h2-10H,28H2,1H3;3H,1-2H3. The number of anilines is 1. The van der Waals surface area contributed by atoms with E-state index in [1.54, 1.807) is 55.9 Å². The molecular formula is C27H21ClN6O3. The van der Waals surface area contributed by atoms with Gasteiger partial charge in [0.1, 0.15) is 46.4 Å². The number of hydrogen-bond donors (Lipinski definition) is 1. The van der Waals surface area contributed by atoms with Crippen LogP contribution in [0.3, 0.4) is 0 Å². The van der Waals surface area contributed by atoms with Crippen LogP contribution in [0, 0.1) is 22.7 Å². The van der Waals surface area contributed by atoms with Gasteiger partial charge < -0.3 is 19.8 Å². The minimum atomic E-state index is 0.135. The summed E-state index contributed by atoms with van der Waals surface area (Å²) < 4.78 is 13.1. The summed E-state index contributed by atoms with van der Waals surface area (Å²) in [6.07, 6.45) is 0.750. The van der Waals surface area contributed by atoms with E-state index in [0.717, 1.165) is 6.41 Å². The highest BCUT2D eigenvalue weighted by molar-refractivity contribution is 6.31. The Bertz CT molecular complexity index is 1720. The van der Waals surface area contributed by atoms with Gasteiger partial charge in [-0.2, -0.15) is 10.5 Å². The molecule has 3 heterocycles. The molecular weight excluding hydrogens is 492 g/mol. The average Bonchev–Trinajstić information content (AvgIpc) is 3.54. The van der Waals surface area contributed by atoms with Crippen molar-refractivity contribution in [2.24, 2.45) is 0 Å². The van der Waals surface area contributed by atoms with Crippen molar-refractivity contribution in [3.8, 4) is 40.5 Å². The highest BCUT2D eigenvalue weighted by atomic mass is 35.5. The lowest BCUT2D eigenvalue weighted by atomic mass is 10.0. The molecule has 2 N–H and O–H groups in total. The summed E-state index contributed by atoms with van der Waals surface area (Å²) in [4.78, 5) is 15.5. The van der Waals surface area contributed by atoms with Crippen molar-refractivity contribution in [3.63, 3.8) is 0 Å². The van der Waals surface area contributed by atoms with Gasteiger partial charge in [0.05, 0.1) is 29.3 Å². The Kier molecular flexibility index (Phi) is 7.01. The number of benzene rings is 2. The van der Waals surface area contributed by atoms with Crippen LogP contribution >= 0.6 is 11.6 Å². The number of para-hydroxylation sites is 2. The van der Waals surface area contributed by atoms with Crippen molar-refractivity contribution in [2.75, 3.05) is 26.9 Å². The number of imidazole rings is 1. The number of halogens is 1. The molecule has 3 aromatic heterocycles. The Balaban J connectivity index is 0.000000586. The second-order valence-corrected chi connectivity index (χ2v) is 8.51. The van der Waals surface area contributed by atoms with Gasteiger partial charge in [0.2, 0.25) is 6.41 Å². The first kappa shape index (κ1) is 25.1. The van der Waals surface area contributed by atoms with Crippen molar-refractivity contribution in [2.45, 2.75) is 0 Å². The molecule has 0 atom stereocenters. The number of carbonyl (C=O) groups excluding carboxylic acids is 1. The summed E-state index contributed by atoms with van der Waals surface area (Å²) >= 11 is 6.16. The summed E-state index contributed by atoms with van der Waals surface area (Å²) in [5.74, 6) is 1.55. The summed E-state index contributed by atoms with van der Waals surface area (Å²) in [5.41, 5.74) is 9.41. The van der Waals surface area contributed by atoms with Crippen LogP contribution in [0.15, 0.2) is 59.0 Å². The first-order valence-corrected chi connectivity index (χ1v) is 11.3. The SMILES string of the molecule is CN(C)C=O.COc1ccc(Cl)cc1-c1ccc(-c2c(C#N)c(N)n3c(nc4ccccc43)c2C#N)o1. The number of nitrogen functional groups attached to an aromatic ring is 1. The number of hydrogen-bond acceptors (Lipinski definition) is 7. The van der Waals surface area contributed by atoms with Crippen LogP contribution in [0.2, 0.25) is 5.02 Å². The Labute approximate surface area is 217 Å². The molecule has 2 aromatic carbocycles. The minimum Gasteiger partial charge on any atom is -0.496 e. The fourth-order valence-corrected chi connectivity index (χ4v) is 4.04. The van der Waals surface area contributed by atoms with E-state index in [-0.39, 0.29) is 16.9 Å². The van der Waals surface area contributed by atoms with Gasteiger partial charge in [0.15, 0.2) is 5.65 Å². The number of nitriles is 2. The third-order valence-electron chi connectivity index (χ3n) is 5.50. The molecule has 5 aromatic rings. The van der Waals surface area contributed by atoms with E-state index < -0.39 is 0 Å². The third-order valence-corrected chi connectivity index (χ3v) is 5.73. The molecule has 0 fully saturated rings. The topological polar surface area (TPSA) is 134 Å². The minimum absolute atomic E-state index is 0.135. The summed E-state index contributed by atoms with van der Waals surface area (Å²) in [7, 11) is 4.93. The number of ether oxygens (including phenoxy) is 1. The zero-order valence-electron chi connectivity index (χ0n) is 20.2. The lowest BCUT2D eigenvalue weighted by molar-refractivity contribution is -0.115. The van der Waals surface area contributed by atoms with Crippen LogP contribution in [0.5, 0.6) is 5.75 Å². The predicted molar refractivity (Wildman–Crippen MR) is 141 cm³/mol. The molecule has 10 heteroatoms. The van der Waals surface area contributed by atoms with Gasteiger partial charge in [-0.25, -0.2) is 4.98 Å². The number of methoxy groups -OCH3 is 1. The number of nitrogens with two attached hydrogens (primary N) is 1. The first-order valence-electron chi connectivity index (χ1n) is 10.9. The molecule has 0 radical (unpaired) electrons. The van der Waals surface area contributed by atoms with Gasteiger partial charge in [-0.1, -0.05) is 23.7 Å². The van der Waals surface area contributed by atoms with Crippen molar-refractivity contribution in [1.29, 1.82) is 10.5 Å². The molecule has 0 aliphatic rings. The van der Waals surface area contributed by atoms with Gasteiger partial charge in [-0.15, -0.1) is 0 Å². The lowest BCUT2D eigenvalue weighted by Crippen LogP contribution is -2.06. The van der Waals surface area contributed by atoms with Gasteiger partial charge in [0.25, 0.3) is 0 Å². The number of rotatable bonds is 4. The maximum Gasteiger partial charge on any atom is 0.209 e. The van der Waals surface area contributed by atoms with E-state index in [2.05, 4.69) is 17.1 Å². The van der Waals surface area contributed by atoms with E-state index in [0.29, 0.717) is 50.1 Å². The molecule has 5 rings (SSSR count). The molecule has 0 saturated carbocycles. The zero-order chi connectivity index (χ0) is 26.7. The highest BCUT2D eigenvalue weighted by Crippen LogP contribution is 2.40. The number of carbonyl (C=O) groups is 1. The van der Waals surface area contributed by atoms with Crippen molar-refractivity contribution < 1.29 is 13.9 Å². The number of pyridine rings is 1. The van der Waals surface area contributed by atoms with E-state index in [1.165, 1.54) is 4.90 Å². The number of fused-ring (bicyclic) bond motifs is 3. The lowest BCUT2D eigenvalue weighted by Gasteiger charge is -2.11. The Hall–Kier alpha value is -4.99. The van der Waals surface area contributed by atoms with Crippen LogP contribution < -0.4 is 10.5 Å². The Morgan fingerprint density at radius 3 is 2.41 bits per heavy atom. The van der Waals surface area contributed by atoms with Gasteiger partial charge in [-0.05, 0) is 42.5 Å². The third kappa shape index (κ3) is 4.52. The molecule has 0 spiro atoms. The van der Waals surface area contributed by atoms with Gasteiger partial charge >= 0.3 is 0 Å². The maximum atomic E-state index is 10.0. The van der Waals surface area contributed by atoms with Crippen LogP contribution in [-0.2, 0) is 4.79 Å². The maximum absolute atomic E-state index is 10.0. The van der Waals surface area contributed by atoms with Crippen molar-refractivity contribution >= 4 is 40.5 Å². The number of furan rings is 1. The Morgan fingerprint density at radius 1 is 1.08 bits per heavy atom. The highest BCUT2D eigenvalue weighted by Gasteiger charge is 2.25. The quantitative estimate of drug-likeness (QED) is 0.331. The molecule has 0 aliphatic heterocycles.